The van der Waals surface area contributed by atoms with E-state index in [-0.39, 0.29) is 28.0 Å². The summed E-state index contributed by atoms with van der Waals surface area (Å²) in [5.74, 6) is -3.48. The summed E-state index contributed by atoms with van der Waals surface area (Å²) in [7, 11) is 0. The highest BCUT2D eigenvalue weighted by Crippen LogP contribution is 2.43. The van der Waals surface area contributed by atoms with Crippen LogP contribution in [0.2, 0.25) is 0 Å². The zero-order chi connectivity index (χ0) is 27.8. The predicted octanol–water partition coefficient (Wildman–Crippen LogP) is 1.94. The molecule has 0 unspecified atom stereocenters. The van der Waals surface area contributed by atoms with E-state index in [9.17, 15) is 29.4 Å². The molecule has 1 aromatic carbocycles. The van der Waals surface area contributed by atoms with Crippen LogP contribution in [0.4, 0.5) is 5.13 Å². The number of carbonyl (C=O) groups is 4. The molecular formula is C23H22ClN5O7S2. The molecule has 0 aliphatic carbocycles. The number of β-lactam (4-membered cyclic amide) rings is 1. The minimum Gasteiger partial charge on any atom is -0.478 e. The van der Waals surface area contributed by atoms with Gasteiger partial charge in [0.15, 0.2) is 10.8 Å². The maximum absolute atomic E-state index is 13.2. The van der Waals surface area contributed by atoms with Gasteiger partial charge in [-0.2, -0.15) is 0 Å². The molecule has 4 rings (SSSR count). The predicted molar refractivity (Wildman–Crippen MR) is 141 cm³/mol. The highest BCUT2D eigenvalue weighted by molar-refractivity contribution is 8.00. The van der Waals surface area contributed by atoms with Crippen molar-refractivity contribution in [2.24, 2.45) is 5.16 Å². The van der Waals surface area contributed by atoms with E-state index in [4.69, 9.17) is 22.2 Å². The number of oxime groups is 1. The fourth-order valence-corrected chi connectivity index (χ4v) is 5.75. The Morgan fingerprint density at radius 3 is 2.53 bits per heavy atom. The molecule has 2 aromatic rings. The van der Waals surface area contributed by atoms with Gasteiger partial charge in [-0.3, -0.25) is 14.5 Å². The number of alkyl halides is 1. The maximum Gasteiger partial charge on any atom is 0.352 e. The Morgan fingerprint density at radius 1 is 1.29 bits per heavy atom. The van der Waals surface area contributed by atoms with E-state index in [0.29, 0.717) is 17.0 Å². The van der Waals surface area contributed by atoms with E-state index < -0.39 is 40.8 Å². The van der Waals surface area contributed by atoms with Gasteiger partial charge in [-0.1, -0.05) is 29.4 Å². The van der Waals surface area contributed by atoms with Crippen molar-refractivity contribution in [1.82, 2.24) is 15.2 Å². The van der Waals surface area contributed by atoms with Crippen molar-refractivity contribution in [2.75, 3.05) is 11.5 Å². The van der Waals surface area contributed by atoms with Crippen LogP contribution in [-0.4, -0.2) is 72.3 Å². The molecule has 2 atom stereocenters. The van der Waals surface area contributed by atoms with Crippen molar-refractivity contribution in [3.63, 3.8) is 0 Å². The summed E-state index contributed by atoms with van der Waals surface area (Å²) in [6.45, 7) is 2.49. The van der Waals surface area contributed by atoms with Gasteiger partial charge in [0.05, 0.1) is 0 Å². The van der Waals surface area contributed by atoms with Gasteiger partial charge in [0.1, 0.15) is 22.8 Å². The number of thiazole rings is 1. The summed E-state index contributed by atoms with van der Waals surface area (Å²) >= 11 is 8.16. The van der Waals surface area contributed by atoms with Gasteiger partial charge in [-0.15, -0.1) is 34.7 Å². The number of nitrogens with one attached hydrogen (secondary N) is 1. The number of carboxylic acid groups (broad SMARTS) is 2. The van der Waals surface area contributed by atoms with Crippen molar-refractivity contribution < 1.29 is 34.2 Å². The second kappa shape index (κ2) is 10.6. The molecule has 2 amide bonds. The molecule has 1 aromatic heterocycles. The Kier molecular flexibility index (Phi) is 7.67. The molecule has 15 heteroatoms. The zero-order valence-electron chi connectivity index (χ0n) is 20.0. The van der Waals surface area contributed by atoms with Crippen LogP contribution < -0.4 is 11.1 Å². The number of nitrogen functional groups attached to an aromatic ring is 1. The topological polar surface area (TPSA) is 185 Å². The van der Waals surface area contributed by atoms with Gasteiger partial charge in [0.25, 0.3) is 11.8 Å². The molecule has 5 N–H and O–H groups in total. The molecule has 0 bridgehead atoms. The number of nitrogens with zero attached hydrogens (tertiary/aromatic N) is 3. The number of rotatable bonds is 9. The normalized spacial score (nSPS) is 19.5. The van der Waals surface area contributed by atoms with Gasteiger partial charge in [-0.05, 0) is 25.0 Å². The van der Waals surface area contributed by atoms with Gasteiger partial charge in [0.2, 0.25) is 5.60 Å². The first-order chi connectivity index (χ1) is 17.9. The van der Waals surface area contributed by atoms with Gasteiger partial charge in [-0.25, -0.2) is 14.6 Å². The van der Waals surface area contributed by atoms with E-state index in [1.54, 1.807) is 24.3 Å². The number of benzene rings is 1. The molecule has 2 aliphatic rings. The smallest absolute Gasteiger partial charge is 0.352 e. The number of amides is 2. The van der Waals surface area contributed by atoms with Crippen LogP contribution in [0.15, 0.2) is 40.5 Å². The van der Waals surface area contributed by atoms with Crippen LogP contribution in [0.3, 0.4) is 0 Å². The van der Waals surface area contributed by atoms with Gasteiger partial charge in [0, 0.05) is 22.6 Å². The third-order valence-corrected chi connectivity index (χ3v) is 8.04. The lowest BCUT2D eigenvalue weighted by atomic mass is 9.98. The van der Waals surface area contributed by atoms with E-state index >= 15 is 0 Å². The van der Waals surface area contributed by atoms with Crippen molar-refractivity contribution in [2.45, 2.75) is 36.7 Å². The summed E-state index contributed by atoms with van der Waals surface area (Å²) in [6.07, 6.45) is 0. The molecule has 200 valence electrons. The minimum atomic E-state index is -1.76. The number of carboxylic acids is 2. The molecule has 0 radical (unpaired) electrons. The number of thioether (sulfide) groups is 1. The molecule has 12 nitrogen and oxygen atoms in total. The van der Waals surface area contributed by atoms with E-state index in [1.165, 1.54) is 31.0 Å². The first-order valence-electron chi connectivity index (χ1n) is 11.0. The minimum absolute atomic E-state index is 0.0277. The number of hydrogen-bond donors (Lipinski definition) is 4. The third kappa shape index (κ3) is 5.19. The number of halogens is 1. The number of anilines is 1. The van der Waals surface area contributed by atoms with Crippen molar-refractivity contribution in [1.29, 1.82) is 0 Å². The van der Waals surface area contributed by atoms with Gasteiger partial charge < -0.3 is 26.1 Å². The monoisotopic (exact) mass is 579 g/mol. The van der Waals surface area contributed by atoms with Crippen molar-refractivity contribution in [3.8, 4) is 0 Å². The standard InChI is InChI=1S/C23H22ClN5O7S2/c1-23(2,21(34)35)36-28-14(13-9-38-22(25)26-13)17(30)27-15-18(31)29-16(20(32)33)12(8-37-19(15)29)11-5-3-10(7-24)4-6-11/h3-6,9,15,19H,7-8H2,1-2H3,(H2,25,26)(H,27,30)(H,32,33)(H,34,35)/b28-14-/t15-,19-/m1/s1. The van der Waals surface area contributed by atoms with Gasteiger partial charge >= 0.3 is 11.9 Å². The Labute approximate surface area is 229 Å². The highest BCUT2D eigenvalue weighted by Gasteiger charge is 2.54. The zero-order valence-corrected chi connectivity index (χ0v) is 22.4. The number of fused-ring (bicyclic) bond motifs is 1. The summed E-state index contributed by atoms with van der Waals surface area (Å²) in [5.41, 5.74) is 5.40. The number of hydrogen-bond acceptors (Lipinski definition) is 10. The molecule has 3 heterocycles. The summed E-state index contributed by atoms with van der Waals surface area (Å²) in [5, 5.41) is 26.4. The Morgan fingerprint density at radius 2 is 1.97 bits per heavy atom. The SMILES string of the molecule is CC(C)(O/N=C(\C(=O)N[C@@H]1C(=O)N2C(C(=O)O)=C(c3ccc(CCl)cc3)CS[C@H]12)c1csc(N)n1)C(=O)O. The van der Waals surface area contributed by atoms with Crippen LogP contribution in [0.5, 0.6) is 0 Å². The van der Waals surface area contributed by atoms with Crippen LogP contribution in [0, 0.1) is 0 Å². The molecule has 0 spiro atoms. The summed E-state index contributed by atoms with van der Waals surface area (Å²) in [4.78, 5) is 60.1. The molecular weight excluding hydrogens is 558 g/mol. The Balaban J connectivity index is 1.58. The van der Waals surface area contributed by atoms with Crippen molar-refractivity contribution in [3.05, 3.63) is 52.2 Å². The van der Waals surface area contributed by atoms with E-state index in [1.807, 2.05) is 0 Å². The van der Waals surface area contributed by atoms with E-state index in [0.717, 1.165) is 21.8 Å². The van der Waals surface area contributed by atoms with Crippen LogP contribution in [0.1, 0.15) is 30.7 Å². The average molecular weight is 580 g/mol. The number of carbonyl (C=O) groups excluding carboxylic acids is 2. The van der Waals surface area contributed by atoms with Crippen LogP contribution in [-0.2, 0) is 29.9 Å². The second-order valence-corrected chi connectivity index (χ2v) is 11.0. The maximum atomic E-state index is 13.2. The van der Waals surface area contributed by atoms with Crippen LogP contribution in [0.25, 0.3) is 5.57 Å². The number of aliphatic carboxylic acids is 2. The summed E-state index contributed by atoms with van der Waals surface area (Å²) < 4.78 is 0. The van der Waals surface area contributed by atoms with Crippen molar-refractivity contribution >= 4 is 74.9 Å². The fraction of sp³-hybridized carbons (Fsp3) is 0.304. The Bertz CT molecular complexity index is 1370. The fourth-order valence-electron chi connectivity index (χ4n) is 3.64. The Hall–Kier alpha value is -3.62. The lowest BCUT2D eigenvalue weighted by Gasteiger charge is -2.49. The second-order valence-electron chi connectivity index (χ2n) is 8.74. The number of aromatic nitrogens is 1. The number of nitrogens with two attached hydrogens (primary N) is 1. The first kappa shape index (κ1) is 27.4. The molecule has 1 fully saturated rings. The van der Waals surface area contributed by atoms with E-state index in [2.05, 4.69) is 15.5 Å². The molecule has 0 saturated carbocycles. The first-order valence-corrected chi connectivity index (χ1v) is 13.5. The largest absolute Gasteiger partial charge is 0.478 e. The molecule has 2 aliphatic heterocycles. The quantitative estimate of drug-likeness (QED) is 0.148. The molecule has 1 saturated heterocycles. The highest BCUT2D eigenvalue weighted by atomic mass is 35.5. The molecule has 38 heavy (non-hydrogen) atoms. The third-order valence-electron chi connectivity index (χ3n) is 5.77. The lowest BCUT2D eigenvalue weighted by Crippen LogP contribution is -2.71. The summed E-state index contributed by atoms with van der Waals surface area (Å²) in [6, 6.07) is 6.01. The average Bonchev–Trinajstić information content (AvgIpc) is 3.31. The lowest BCUT2D eigenvalue weighted by molar-refractivity contribution is -0.161. The van der Waals surface area contributed by atoms with Crippen LogP contribution >= 0.6 is 34.7 Å².